The van der Waals surface area contributed by atoms with Crippen LogP contribution in [0.1, 0.15) is 16.8 Å². The van der Waals surface area contributed by atoms with Crippen LogP contribution in [-0.2, 0) is 6.54 Å². The van der Waals surface area contributed by atoms with Gasteiger partial charge in [0.25, 0.3) is 0 Å². The van der Waals surface area contributed by atoms with E-state index < -0.39 is 0 Å². The van der Waals surface area contributed by atoms with Gasteiger partial charge in [-0.25, -0.2) is 0 Å². The Balaban J connectivity index is 2.10. The summed E-state index contributed by atoms with van der Waals surface area (Å²) >= 11 is 6.06. The smallest absolute Gasteiger partial charge is 0.0992 e. The highest BCUT2D eigenvalue weighted by Gasteiger charge is 2.02. The maximum Gasteiger partial charge on any atom is 0.0992 e. The van der Waals surface area contributed by atoms with Crippen LogP contribution < -0.4 is 5.32 Å². The molecule has 1 aromatic carbocycles. The lowest BCUT2D eigenvalue weighted by Gasteiger charge is -2.08. The molecule has 18 heavy (non-hydrogen) atoms. The molecular weight excluding hydrogens is 246 g/mol. The van der Waals surface area contributed by atoms with Crippen molar-refractivity contribution in [3.05, 3.63) is 58.4 Å². The number of hydrogen-bond donors (Lipinski definition) is 1. The van der Waals surface area contributed by atoms with E-state index in [1.54, 1.807) is 18.2 Å². The lowest BCUT2D eigenvalue weighted by Crippen LogP contribution is -2.01. The van der Waals surface area contributed by atoms with Crippen molar-refractivity contribution in [3.8, 4) is 6.07 Å². The van der Waals surface area contributed by atoms with Crippen LogP contribution in [0.3, 0.4) is 0 Å². The topological polar surface area (TPSA) is 48.7 Å². The number of pyridine rings is 1. The number of halogens is 1. The number of rotatable bonds is 3. The quantitative estimate of drug-likeness (QED) is 0.915. The fourth-order valence-electron chi connectivity index (χ4n) is 1.53. The van der Waals surface area contributed by atoms with Gasteiger partial charge in [-0.1, -0.05) is 17.7 Å². The van der Waals surface area contributed by atoms with Gasteiger partial charge in [-0.15, -0.1) is 0 Å². The summed E-state index contributed by atoms with van der Waals surface area (Å²) < 4.78 is 0. The van der Waals surface area contributed by atoms with E-state index in [2.05, 4.69) is 16.4 Å². The molecule has 1 N–H and O–H groups in total. The summed E-state index contributed by atoms with van der Waals surface area (Å²) in [6.45, 7) is 2.58. The third kappa shape index (κ3) is 2.99. The zero-order valence-electron chi connectivity index (χ0n) is 9.94. The van der Waals surface area contributed by atoms with E-state index in [0.717, 1.165) is 16.9 Å². The Hall–Kier alpha value is -2.05. The van der Waals surface area contributed by atoms with Gasteiger partial charge in [0.05, 0.1) is 22.3 Å². The third-order valence-electron chi connectivity index (χ3n) is 2.55. The summed E-state index contributed by atoms with van der Waals surface area (Å²) in [5.74, 6) is 0. The van der Waals surface area contributed by atoms with Crippen LogP contribution in [0.4, 0.5) is 5.69 Å². The molecule has 0 fully saturated rings. The molecule has 0 bridgehead atoms. The fraction of sp³-hybridized carbons (Fsp3) is 0.143. The van der Waals surface area contributed by atoms with Crippen molar-refractivity contribution in [1.82, 2.24) is 4.98 Å². The lowest BCUT2D eigenvalue weighted by atomic mass is 10.2. The molecule has 0 saturated heterocycles. The molecule has 0 saturated carbocycles. The first-order valence-corrected chi connectivity index (χ1v) is 5.92. The zero-order chi connectivity index (χ0) is 13.0. The summed E-state index contributed by atoms with van der Waals surface area (Å²) in [7, 11) is 0. The number of benzene rings is 1. The number of aromatic nitrogens is 1. The van der Waals surface area contributed by atoms with E-state index in [-0.39, 0.29) is 0 Å². The second-order valence-electron chi connectivity index (χ2n) is 3.97. The Morgan fingerprint density at radius 1 is 1.33 bits per heavy atom. The van der Waals surface area contributed by atoms with Gasteiger partial charge in [-0.3, -0.25) is 4.98 Å². The highest BCUT2D eigenvalue weighted by Crippen LogP contribution is 2.23. The summed E-state index contributed by atoms with van der Waals surface area (Å²) in [5, 5.41) is 12.6. The SMILES string of the molecule is Cc1ccc(CNc2cc(C#N)ccc2Cl)cn1. The Labute approximate surface area is 111 Å². The van der Waals surface area contributed by atoms with Crippen molar-refractivity contribution in [2.75, 3.05) is 5.32 Å². The van der Waals surface area contributed by atoms with E-state index in [1.807, 2.05) is 25.3 Å². The van der Waals surface area contributed by atoms with Crippen LogP contribution >= 0.6 is 11.6 Å². The number of nitrogens with one attached hydrogen (secondary N) is 1. The summed E-state index contributed by atoms with van der Waals surface area (Å²) in [6, 6.07) is 11.2. The largest absolute Gasteiger partial charge is 0.380 e. The van der Waals surface area contributed by atoms with Gasteiger partial charge in [0.15, 0.2) is 0 Å². The molecule has 1 aromatic heterocycles. The standard InChI is InChI=1S/C14H12ClN3/c1-10-2-3-12(8-17-10)9-18-14-6-11(7-16)4-5-13(14)15/h2-6,8,18H,9H2,1H3. The second kappa shape index (κ2) is 5.52. The molecule has 0 unspecified atom stereocenters. The van der Waals surface area contributed by atoms with Crippen LogP contribution in [0.15, 0.2) is 36.5 Å². The molecule has 0 aliphatic heterocycles. The predicted octanol–water partition coefficient (Wildman–Crippen LogP) is 3.53. The van der Waals surface area contributed by atoms with E-state index >= 15 is 0 Å². The Morgan fingerprint density at radius 2 is 2.17 bits per heavy atom. The summed E-state index contributed by atoms with van der Waals surface area (Å²) in [6.07, 6.45) is 1.82. The van der Waals surface area contributed by atoms with Gasteiger partial charge in [0.1, 0.15) is 0 Å². The third-order valence-corrected chi connectivity index (χ3v) is 2.88. The normalized spacial score (nSPS) is 9.83. The monoisotopic (exact) mass is 257 g/mol. The van der Waals surface area contributed by atoms with E-state index in [9.17, 15) is 0 Å². The molecule has 2 rings (SSSR count). The Bertz CT molecular complexity index is 585. The summed E-state index contributed by atoms with van der Waals surface area (Å²) in [4.78, 5) is 4.22. The van der Waals surface area contributed by atoms with Crippen LogP contribution in [0, 0.1) is 18.3 Å². The number of hydrogen-bond acceptors (Lipinski definition) is 3. The van der Waals surface area contributed by atoms with Crippen molar-refractivity contribution < 1.29 is 0 Å². The van der Waals surface area contributed by atoms with E-state index in [4.69, 9.17) is 16.9 Å². The van der Waals surface area contributed by atoms with Crippen LogP contribution in [0.2, 0.25) is 5.02 Å². The zero-order valence-corrected chi connectivity index (χ0v) is 10.7. The van der Waals surface area contributed by atoms with Gasteiger partial charge in [0, 0.05) is 18.4 Å². The van der Waals surface area contributed by atoms with Gasteiger partial charge >= 0.3 is 0 Å². The maximum absolute atomic E-state index is 8.84. The molecule has 0 aliphatic carbocycles. The molecule has 90 valence electrons. The van der Waals surface area contributed by atoms with Crippen molar-refractivity contribution in [2.45, 2.75) is 13.5 Å². The molecule has 2 aromatic rings. The average Bonchev–Trinajstić information content (AvgIpc) is 2.40. The van der Waals surface area contributed by atoms with Gasteiger partial charge in [-0.05, 0) is 36.8 Å². The molecule has 0 radical (unpaired) electrons. The maximum atomic E-state index is 8.84. The fourth-order valence-corrected chi connectivity index (χ4v) is 1.71. The average molecular weight is 258 g/mol. The highest BCUT2D eigenvalue weighted by atomic mass is 35.5. The minimum Gasteiger partial charge on any atom is -0.380 e. The molecule has 1 heterocycles. The number of anilines is 1. The van der Waals surface area contributed by atoms with Gasteiger partial charge in [0.2, 0.25) is 0 Å². The molecule has 3 nitrogen and oxygen atoms in total. The number of aryl methyl sites for hydroxylation is 1. The highest BCUT2D eigenvalue weighted by molar-refractivity contribution is 6.33. The Kier molecular flexibility index (Phi) is 3.81. The molecular formula is C14H12ClN3. The Morgan fingerprint density at radius 3 is 2.83 bits per heavy atom. The van der Waals surface area contributed by atoms with Crippen molar-refractivity contribution in [3.63, 3.8) is 0 Å². The summed E-state index contributed by atoms with van der Waals surface area (Å²) in [5.41, 5.74) is 3.41. The number of nitriles is 1. The first-order chi connectivity index (χ1) is 8.69. The van der Waals surface area contributed by atoms with E-state index in [0.29, 0.717) is 17.1 Å². The van der Waals surface area contributed by atoms with Gasteiger partial charge in [-0.2, -0.15) is 5.26 Å². The first kappa shape index (κ1) is 12.4. The first-order valence-electron chi connectivity index (χ1n) is 5.54. The number of nitrogens with zero attached hydrogens (tertiary/aromatic N) is 2. The molecule has 0 amide bonds. The lowest BCUT2D eigenvalue weighted by molar-refractivity contribution is 1.08. The van der Waals surface area contributed by atoms with Crippen molar-refractivity contribution in [1.29, 1.82) is 5.26 Å². The van der Waals surface area contributed by atoms with Gasteiger partial charge < -0.3 is 5.32 Å². The molecule has 0 spiro atoms. The van der Waals surface area contributed by atoms with Crippen LogP contribution in [0.5, 0.6) is 0 Å². The minimum atomic E-state index is 0.587. The van der Waals surface area contributed by atoms with Crippen LogP contribution in [0.25, 0.3) is 0 Å². The van der Waals surface area contributed by atoms with Crippen molar-refractivity contribution in [2.24, 2.45) is 0 Å². The molecule has 4 heteroatoms. The second-order valence-corrected chi connectivity index (χ2v) is 4.38. The molecule has 0 aliphatic rings. The van der Waals surface area contributed by atoms with Crippen LogP contribution in [-0.4, -0.2) is 4.98 Å². The predicted molar refractivity (Wildman–Crippen MR) is 72.5 cm³/mol. The van der Waals surface area contributed by atoms with E-state index in [1.165, 1.54) is 0 Å². The van der Waals surface area contributed by atoms with Crippen molar-refractivity contribution >= 4 is 17.3 Å². The molecule has 0 atom stereocenters. The minimum absolute atomic E-state index is 0.587.